The van der Waals surface area contributed by atoms with Crippen LogP contribution >= 0.6 is 0 Å². The van der Waals surface area contributed by atoms with Gasteiger partial charge in [0.1, 0.15) is 0 Å². The van der Waals surface area contributed by atoms with Gasteiger partial charge < -0.3 is 0 Å². The zero-order chi connectivity index (χ0) is 12.3. The summed E-state index contributed by atoms with van der Waals surface area (Å²) in [6.07, 6.45) is 3.71. The van der Waals surface area contributed by atoms with Crippen LogP contribution in [0.5, 0.6) is 0 Å². The summed E-state index contributed by atoms with van der Waals surface area (Å²) in [5.41, 5.74) is 3.84. The number of nitrogens with zero attached hydrogens (tertiary/aromatic N) is 2. The lowest BCUT2D eigenvalue weighted by Crippen LogP contribution is -2.02. The number of aryl methyl sites for hydroxylation is 2. The van der Waals surface area contributed by atoms with Gasteiger partial charge in [-0.2, -0.15) is 5.10 Å². The molecule has 0 bridgehead atoms. The van der Waals surface area contributed by atoms with Gasteiger partial charge in [0.05, 0.1) is 5.69 Å². The summed E-state index contributed by atoms with van der Waals surface area (Å²) < 4.78 is 1.95. The fourth-order valence-electron chi connectivity index (χ4n) is 1.95. The van der Waals surface area contributed by atoms with E-state index in [0.717, 1.165) is 36.1 Å². The second-order valence-electron chi connectivity index (χ2n) is 4.15. The van der Waals surface area contributed by atoms with E-state index in [-0.39, 0.29) is 0 Å². The first-order chi connectivity index (χ1) is 8.26. The van der Waals surface area contributed by atoms with E-state index in [9.17, 15) is 4.79 Å². The SMILES string of the molecule is CCCn1nccc1-c1cc(C)ccc1C=O. The van der Waals surface area contributed by atoms with Gasteiger partial charge in [-0.15, -0.1) is 0 Å². The predicted octanol–water partition coefficient (Wildman–Crippen LogP) is 3.08. The first-order valence-corrected chi connectivity index (χ1v) is 5.84. The Morgan fingerprint density at radius 1 is 1.35 bits per heavy atom. The van der Waals surface area contributed by atoms with Gasteiger partial charge in [-0.3, -0.25) is 9.48 Å². The van der Waals surface area contributed by atoms with Crippen molar-refractivity contribution in [3.05, 3.63) is 41.6 Å². The van der Waals surface area contributed by atoms with Gasteiger partial charge in [0.15, 0.2) is 6.29 Å². The quantitative estimate of drug-likeness (QED) is 0.754. The molecule has 3 heteroatoms. The minimum Gasteiger partial charge on any atom is -0.298 e. The lowest BCUT2D eigenvalue weighted by molar-refractivity contribution is 0.112. The number of carbonyl (C=O) groups is 1. The average molecular weight is 228 g/mol. The summed E-state index contributed by atoms with van der Waals surface area (Å²) in [5, 5.41) is 4.29. The Balaban J connectivity index is 2.54. The summed E-state index contributed by atoms with van der Waals surface area (Å²) >= 11 is 0. The van der Waals surface area contributed by atoms with Crippen molar-refractivity contribution >= 4 is 6.29 Å². The number of rotatable bonds is 4. The van der Waals surface area contributed by atoms with Crippen LogP contribution in [0.2, 0.25) is 0 Å². The van der Waals surface area contributed by atoms with Crippen molar-refractivity contribution in [2.75, 3.05) is 0 Å². The van der Waals surface area contributed by atoms with E-state index in [1.807, 2.05) is 35.9 Å². The van der Waals surface area contributed by atoms with Crippen LogP contribution in [0, 0.1) is 6.92 Å². The Labute approximate surface area is 101 Å². The van der Waals surface area contributed by atoms with Gasteiger partial charge in [-0.05, 0) is 25.5 Å². The van der Waals surface area contributed by atoms with E-state index in [2.05, 4.69) is 12.0 Å². The number of hydrogen-bond donors (Lipinski definition) is 0. The summed E-state index contributed by atoms with van der Waals surface area (Å²) in [4.78, 5) is 11.1. The molecule has 2 aromatic rings. The van der Waals surface area contributed by atoms with E-state index in [1.54, 1.807) is 6.20 Å². The van der Waals surface area contributed by atoms with Crippen molar-refractivity contribution in [2.24, 2.45) is 0 Å². The normalized spacial score (nSPS) is 10.5. The van der Waals surface area contributed by atoms with Crippen LogP contribution in [0.1, 0.15) is 29.3 Å². The highest BCUT2D eigenvalue weighted by atomic mass is 16.1. The average Bonchev–Trinajstić information content (AvgIpc) is 2.77. The van der Waals surface area contributed by atoms with Crippen LogP contribution in [0.4, 0.5) is 0 Å². The van der Waals surface area contributed by atoms with Gasteiger partial charge in [0.2, 0.25) is 0 Å². The molecule has 88 valence electrons. The summed E-state index contributed by atoms with van der Waals surface area (Å²) in [6, 6.07) is 7.80. The molecule has 0 amide bonds. The van der Waals surface area contributed by atoms with Crippen molar-refractivity contribution in [2.45, 2.75) is 26.8 Å². The summed E-state index contributed by atoms with van der Waals surface area (Å²) in [5.74, 6) is 0. The number of aromatic nitrogens is 2. The van der Waals surface area contributed by atoms with E-state index < -0.39 is 0 Å². The molecule has 1 aromatic heterocycles. The van der Waals surface area contributed by atoms with E-state index in [1.165, 1.54) is 0 Å². The van der Waals surface area contributed by atoms with Crippen molar-refractivity contribution in [3.8, 4) is 11.3 Å². The van der Waals surface area contributed by atoms with Crippen LogP contribution in [-0.4, -0.2) is 16.1 Å². The van der Waals surface area contributed by atoms with Crippen molar-refractivity contribution in [1.29, 1.82) is 0 Å². The zero-order valence-corrected chi connectivity index (χ0v) is 10.2. The molecule has 0 spiro atoms. The monoisotopic (exact) mass is 228 g/mol. The lowest BCUT2D eigenvalue weighted by Gasteiger charge is -2.09. The molecule has 0 aliphatic carbocycles. The van der Waals surface area contributed by atoms with Crippen molar-refractivity contribution < 1.29 is 4.79 Å². The third kappa shape index (κ3) is 2.28. The van der Waals surface area contributed by atoms with Gasteiger partial charge in [-0.1, -0.05) is 24.6 Å². The highest BCUT2D eigenvalue weighted by Gasteiger charge is 2.09. The Hall–Kier alpha value is -1.90. The van der Waals surface area contributed by atoms with Crippen LogP contribution < -0.4 is 0 Å². The minimum atomic E-state index is 0.716. The van der Waals surface area contributed by atoms with Crippen LogP contribution in [-0.2, 0) is 6.54 Å². The number of aldehydes is 1. The van der Waals surface area contributed by atoms with Crippen LogP contribution in [0.25, 0.3) is 11.3 Å². The highest BCUT2D eigenvalue weighted by Crippen LogP contribution is 2.24. The highest BCUT2D eigenvalue weighted by molar-refractivity contribution is 5.86. The van der Waals surface area contributed by atoms with Gasteiger partial charge in [-0.25, -0.2) is 0 Å². The van der Waals surface area contributed by atoms with E-state index in [4.69, 9.17) is 0 Å². The number of carbonyl (C=O) groups excluding carboxylic acids is 1. The third-order valence-corrected chi connectivity index (χ3v) is 2.76. The maximum Gasteiger partial charge on any atom is 0.150 e. The Morgan fingerprint density at radius 3 is 2.88 bits per heavy atom. The van der Waals surface area contributed by atoms with Gasteiger partial charge in [0, 0.05) is 23.9 Å². The second-order valence-corrected chi connectivity index (χ2v) is 4.15. The molecule has 2 rings (SSSR count). The third-order valence-electron chi connectivity index (χ3n) is 2.76. The number of benzene rings is 1. The largest absolute Gasteiger partial charge is 0.298 e. The standard InChI is InChI=1S/C14H16N2O/c1-3-8-16-14(6-7-15-16)13-9-11(2)4-5-12(13)10-17/h4-7,9-10H,3,8H2,1-2H3. The smallest absolute Gasteiger partial charge is 0.150 e. The Morgan fingerprint density at radius 2 is 2.18 bits per heavy atom. The predicted molar refractivity (Wildman–Crippen MR) is 68.1 cm³/mol. The van der Waals surface area contributed by atoms with Gasteiger partial charge >= 0.3 is 0 Å². The molecular formula is C14H16N2O. The van der Waals surface area contributed by atoms with Crippen LogP contribution in [0.3, 0.4) is 0 Å². The van der Waals surface area contributed by atoms with Crippen molar-refractivity contribution in [1.82, 2.24) is 9.78 Å². The van der Waals surface area contributed by atoms with Crippen LogP contribution in [0.15, 0.2) is 30.5 Å². The topological polar surface area (TPSA) is 34.9 Å². The minimum absolute atomic E-state index is 0.716. The molecule has 0 aliphatic rings. The zero-order valence-electron chi connectivity index (χ0n) is 10.2. The molecule has 0 radical (unpaired) electrons. The van der Waals surface area contributed by atoms with Gasteiger partial charge in [0.25, 0.3) is 0 Å². The first kappa shape index (κ1) is 11.6. The fraction of sp³-hybridized carbons (Fsp3) is 0.286. The molecule has 0 saturated heterocycles. The Kier molecular flexibility index (Phi) is 3.38. The molecule has 0 fully saturated rings. The summed E-state index contributed by atoms with van der Waals surface area (Å²) in [6.45, 7) is 5.01. The van der Waals surface area contributed by atoms with E-state index in [0.29, 0.717) is 5.56 Å². The first-order valence-electron chi connectivity index (χ1n) is 5.84. The summed E-state index contributed by atoms with van der Waals surface area (Å²) in [7, 11) is 0. The molecule has 3 nitrogen and oxygen atoms in total. The maximum absolute atomic E-state index is 11.1. The Bertz CT molecular complexity index is 529. The molecule has 17 heavy (non-hydrogen) atoms. The molecule has 0 unspecified atom stereocenters. The molecule has 0 atom stereocenters. The molecule has 0 aliphatic heterocycles. The second kappa shape index (κ2) is 4.95. The lowest BCUT2D eigenvalue weighted by atomic mass is 10.0. The molecule has 1 heterocycles. The molecule has 1 aromatic carbocycles. The molecule has 0 saturated carbocycles. The molecule has 0 N–H and O–H groups in total. The van der Waals surface area contributed by atoms with E-state index >= 15 is 0 Å². The maximum atomic E-state index is 11.1. The fourth-order valence-corrected chi connectivity index (χ4v) is 1.95. The van der Waals surface area contributed by atoms with Crippen molar-refractivity contribution in [3.63, 3.8) is 0 Å². The number of hydrogen-bond acceptors (Lipinski definition) is 2. The molecular weight excluding hydrogens is 212 g/mol.